The number of carbonyl (C=O) groups excluding carboxylic acids is 1. The maximum Gasteiger partial charge on any atom is 0.239 e. The number of nitrogens with one attached hydrogen (secondary N) is 1. The van der Waals surface area contributed by atoms with Gasteiger partial charge in [-0.15, -0.1) is 0 Å². The van der Waals surface area contributed by atoms with E-state index in [2.05, 4.69) is 38.2 Å². The highest BCUT2D eigenvalue weighted by molar-refractivity contribution is 5.82. The van der Waals surface area contributed by atoms with Gasteiger partial charge in [0.25, 0.3) is 0 Å². The second-order valence-corrected chi connectivity index (χ2v) is 5.80. The van der Waals surface area contributed by atoms with Crippen molar-refractivity contribution in [2.24, 2.45) is 5.73 Å². The molecule has 1 unspecified atom stereocenters. The van der Waals surface area contributed by atoms with Crippen LogP contribution < -0.4 is 11.1 Å². The summed E-state index contributed by atoms with van der Waals surface area (Å²) in [5, 5.41) is 3.46. The van der Waals surface area contributed by atoms with Crippen LogP contribution >= 0.6 is 0 Å². The number of hydrogen-bond donors (Lipinski definition) is 2. The van der Waals surface area contributed by atoms with Crippen LogP contribution in [0.2, 0.25) is 0 Å². The Labute approximate surface area is 115 Å². The highest BCUT2D eigenvalue weighted by Crippen LogP contribution is 2.27. The molecule has 19 heavy (non-hydrogen) atoms. The van der Waals surface area contributed by atoms with Gasteiger partial charge in [0.15, 0.2) is 0 Å². The molecule has 0 spiro atoms. The Kier molecular flexibility index (Phi) is 4.25. The van der Waals surface area contributed by atoms with Gasteiger partial charge in [0, 0.05) is 6.04 Å². The van der Waals surface area contributed by atoms with Crippen LogP contribution in [-0.2, 0) is 4.79 Å². The molecule has 1 saturated carbocycles. The Balaban J connectivity index is 2.30. The molecule has 0 radical (unpaired) electrons. The molecule has 1 aliphatic rings. The zero-order valence-electron chi connectivity index (χ0n) is 12.1. The van der Waals surface area contributed by atoms with Crippen LogP contribution in [-0.4, -0.2) is 11.9 Å². The minimum Gasteiger partial charge on any atom is -0.368 e. The zero-order chi connectivity index (χ0) is 14.0. The molecule has 2 rings (SSSR count). The maximum absolute atomic E-state index is 11.8. The van der Waals surface area contributed by atoms with Crippen molar-refractivity contribution in [3.63, 3.8) is 0 Å². The largest absolute Gasteiger partial charge is 0.368 e. The van der Waals surface area contributed by atoms with Crippen LogP contribution in [0.15, 0.2) is 12.1 Å². The Hall–Kier alpha value is -1.35. The molecule has 3 nitrogen and oxygen atoms in total. The van der Waals surface area contributed by atoms with Crippen molar-refractivity contribution in [2.45, 2.75) is 58.5 Å². The van der Waals surface area contributed by atoms with Gasteiger partial charge >= 0.3 is 0 Å². The number of hydrogen-bond acceptors (Lipinski definition) is 2. The van der Waals surface area contributed by atoms with E-state index in [1.54, 1.807) is 0 Å². The lowest BCUT2D eigenvalue weighted by molar-refractivity contribution is -0.120. The Morgan fingerprint density at radius 3 is 2.21 bits per heavy atom. The van der Waals surface area contributed by atoms with Crippen molar-refractivity contribution in [2.75, 3.05) is 0 Å². The number of aryl methyl sites for hydroxylation is 3. The molecule has 0 saturated heterocycles. The second kappa shape index (κ2) is 5.74. The van der Waals surface area contributed by atoms with Gasteiger partial charge in [-0.3, -0.25) is 10.1 Å². The number of carbonyl (C=O) groups is 1. The third-order valence-corrected chi connectivity index (χ3v) is 4.07. The SMILES string of the molecule is Cc1cc(C)c(C(NC2CCCC2)C(N)=O)c(C)c1. The lowest BCUT2D eigenvalue weighted by Gasteiger charge is -2.24. The summed E-state index contributed by atoms with van der Waals surface area (Å²) in [6.07, 6.45) is 4.78. The second-order valence-electron chi connectivity index (χ2n) is 5.80. The van der Waals surface area contributed by atoms with Crippen molar-refractivity contribution in [3.8, 4) is 0 Å². The first-order valence-electron chi connectivity index (χ1n) is 7.12. The van der Waals surface area contributed by atoms with E-state index >= 15 is 0 Å². The van der Waals surface area contributed by atoms with Gasteiger partial charge in [-0.1, -0.05) is 30.5 Å². The van der Waals surface area contributed by atoms with Crippen molar-refractivity contribution >= 4 is 5.91 Å². The molecule has 1 aromatic carbocycles. The van der Waals surface area contributed by atoms with Gasteiger partial charge in [-0.25, -0.2) is 0 Å². The molecule has 3 heteroatoms. The van der Waals surface area contributed by atoms with Gasteiger partial charge < -0.3 is 5.73 Å². The van der Waals surface area contributed by atoms with Crippen LogP contribution in [0.1, 0.15) is 54.0 Å². The molecule has 1 atom stereocenters. The summed E-state index contributed by atoms with van der Waals surface area (Å²) in [4.78, 5) is 11.8. The van der Waals surface area contributed by atoms with E-state index in [4.69, 9.17) is 5.73 Å². The van der Waals surface area contributed by atoms with Crippen LogP contribution in [0, 0.1) is 20.8 Å². The smallest absolute Gasteiger partial charge is 0.239 e. The number of rotatable bonds is 4. The predicted octanol–water partition coefficient (Wildman–Crippen LogP) is 2.67. The van der Waals surface area contributed by atoms with Gasteiger partial charge in [-0.2, -0.15) is 0 Å². The quantitative estimate of drug-likeness (QED) is 0.874. The van der Waals surface area contributed by atoms with Crippen molar-refractivity contribution < 1.29 is 4.79 Å². The topological polar surface area (TPSA) is 55.1 Å². The Morgan fingerprint density at radius 1 is 1.21 bits per heavy atom. The fourth-order valence-corrected chi connectivity index (χ4v) is 3.28. The number of amides is 1. The molecule has 0 aliphatic heterocycles. The molecule has 1 amide bonds. The van der Waals surface area contributed by atoms with Gasteiger partial charge in [-0.05, 0) is 50.3 Å². The Bertz CT molecular complexity index is 453. The summed E-state index contributed by atoms with van der Waals surface area (Å²) >= 11 is 0. The van der Waals surface area contributed by atoms with Crippen molar-refractivity contribution in [1.29, 1.82) is 0 Å². The molecule has 0 heterocycles. The van der Waals surface area contributed by atoms with Crippen LogP contribution in [0.3, 0.4) is 0 Å². The van der Waals surface area contributed by atoms with E-state index in [0.717, 1.165) is 29.5 Å². The first-order chi connectivity index (χ1) is 8.99. The van der Waals surface area contributed by atoms with Gasteiger partial charge in [0.05, 0.1) is 0 Å². The molecular formula is C16H24N2O. The molecule has 104 valence electrons. The molecular weight excluding hydrogens is 236 g/mol. The average molecular weight is 260 g/mol. The third kappa shape index (κ3) is 3.16. The Morgan fingerprint density at radius 2 is 1.74 bits per heavy atom. The monoisotopic (exact) mass is 260 g/mol. The third-order valence-electron chi connectivity index (χ3n) is 4.07. The predicted molar refractivity (Wildman–Crippen MR) is 78.0 cm³/mol. The first kappa shape index (κ1) is 14.1. The fourth-order valence-electron chi connectivity index (χ4n) is 3.28. The molecule has 1 fully saturated rings. The van der Waals surface area contributed by atoms with E-state index in [1.165, 1.54) is 18.4 Å². The summed E-state index contributed by atoms with van der Waals surface area (Å²) in [7, 11) is 0. The van der Waals surface area contributed by atoms with E-state index in [1.807, 2.05) is 0 Å². The van der Waals surface area contributed by atoms with Crippen LogP contribution in [0.4, 0.5) is 0 Å². The summed E-state index contributed by atoms with van der Waals surface area (Å²) < 4.78 is 0. The summed E-state index contributed by atoms with van der Waals surface area (Å²) in [5.74, 6) is -0.276. The molecule has 0 aromatic heterocycles. The van der Waals surface area contributed by atoms with E-state index in [0.29, 0.717) is 6.04 Å². The van der Waals surface area contributed by atoms with Gasteiger partial charge in [0.1, 0.15) is 6.04 Å². The number of primary amides is 1. The summed E-state index contributed by atoms with van der Waals surface area (Å²) in [6, 6.07) is 4.31. The fraction of sp³-hybridized carbons (Fsp3) is 0.562. The van der Waals surface area contributed by atoms with E-state index in [-0.39, 0.29) is 11.9 Å². The zero-order valence-corrected chi connectivity index (χ0v) is 12.1. The first-order valence-corrected chi connectivity index (χ1v) is 7.12. The normalized spacial score (nSPS) is 17.6. The highest BCUT2D eigenvalue weighted by atomic mass is 16.1. The lowest BCUT2D eigenvalue weighted by atomic mass is 9.93. The van der Waals surface area contributed by atoms with Crippen LogP contribution in [0.5, 0.6) is 0 Å². The number of nitrogens with two attached hydrogens (primary N) is 1. The molecule has 3 N–H and O–H groups in total. The van der Waals surface area contributed by atoms with E-state index in [9.17, 15) is 4.79 Å². The molecule has 0 bridgehead atoms. The highest BCUT2D eigenvalue weighted by Gasteiger charge is 2.26. The van der Waals surface area contributed by atoms with Crippen molar-refractivity contribution in [3.05, 3.63) is 34.4 Å². The summed E-state index contributed by atoms with van der Waals surface area (Å²) in [6.45, 7) is 6.19. The maximum atomic E-state index is 11.8. The van der Waals surface area contributed by atoms with Gasteiger partial charge in [0.2, 0.25) is 5.91 Å². The minimum absolute atomic E-state index is 0.276. The van der Waals surface area contributed by atoms with Crippen LogP contribution in [0.25, 0.3) is 0 Å². The van der Waals surface area contributed by atoms with Crippen molar-refractivity contribution in [1.82, 2.24) is 5.32 Å². The standard InChI is InChI=1S/C16H24N2O/c1-10-8-11(2)14(12(3)9-10)15(16(17)19)18-13-6-4-5-7-13/h8-9,13,15,18H,4-7H2,1-3H3,(H2,17,19). The lowest BCUT2D eigenvalue weighted by Crippen LogP contribution is -2.39. The van der Waals surface area contributed by atoms with E-state index < -0.39 is 0 Å². The molecule has 1 aliphatic carbocycles. The average Bonchev–Trinajstić information content (AvgIpc) is 2.78. The number of benzene rings is 1. The molecule has 1 aromatic rings. The minimum atomic E-state index is -0.358. The summed E-state index contributed by atoms with van der Waals surface area (Å²) in [5.41, 5.74) is 10.2.